The van der Waals surface area contributed by atoms with Gasteiger partial charge in [-0.15, -0.1) is 0 Å². The number of hydrogen-bond donors (Lipinski definition) is 2. The number of amides is 1. The van der Waals surface area contributed by atoms with Gasteiger partial charge in [-0.1, -0.05) is 41.4 Å². The van der Waals surface area contributed by atoms with Crippen LogP contribution in [0.5, 0.6) is 0 Å². The molecule has 3 rings (SSSR count). The van der Waals surface area contributed by atoms with Gasteiger partial charge in [-0.05, 0) is 48.6 Å². The number of H-pyrrole nitrogens is 1. The Bertz CT molecular complexity index is 979. The van der Waals surface area contributed by atoms with E-state index in [2.05, 4.69) is 10.3 Å². The third-order valence-corrected chi connectivity index (χ3v) is 4.50. The van der Waals surface area contributed by atoms with Crippen molar-refractivity contribution in [3.05, 3.63) is 80.6 Å². The molecule has 1 aromatic heterocycles. The van der Waals surface area contributed by atoms with Crippen molar-refractivity contribution in [1.82, 2.24) is 10.3 Å². The van der Waals surface area contributed by atoms with Gasteiger partial charge in [-0.25, -0.2) is 0 Å². The second-order valence-corrected chi connectivity index (χ2v) is 6.49. The maximum atomic E-state index is 12.1. The summed E-state index contributed by atoms with van der Waals surface area (Å²) in [4.78, 5) is 27.0. The largest absolute Gasteiger partial charge is 0.352 e. The SMILES string of the molecule is Cc1ccc2[nH]c(=O)c(CNC(=O)CCc3ccccc3Cl)cc2c1. The fourth-order valence-corrected chi connectivity index (χ4v) is 2.96. The summed E-state index contributed by atoms with van der Waals surface area (Å²) in [5.74, 6) is -0.108. The lowest BCUT2D eigenvalue weighted by Gasteiger charge is -2.07. The molecule has 0 saturated heterocycles. The third-order valence-electron chi connectivity index (χ3n) is 4.13. The lowest BCUT2D eigenvalue weighted by Crippen LogP contribution is -2.26. The lowest BCUT2D eigenvalue weighted by atomic mass is 10.1. The summed E-state index contributed by atoms with van der Waals surface area (Å²) in [6.45, 7) is 2.21. The number of aryl methyl sites for hydroxylation is 2. The smallest absolute Gasteiger partial charge is 0.253 e. The van der Waals surface area contributed by atoms with Gasteiger partial charge in [0.25, 0.3) is 5.56 Å². The fraction of sp³-hybridized carbons (Fsp3) is 0.200. The molecule has 0 aliphatic carbocycles. The number of halogens is 1. The normalized spacial score (nSPS) is 10.8. The van der Waals surface area contributed by atoms with Gasteiger partial charge < -0.3 is 10.3 Å². The fourth-order valence-electron chi connectivity index (χ4n) is 2.73. The molecular weight excluding hydrogens is 336 g/mol. The van der Waals surface area contributed by atoms with Gasteiger partial charge >= 0.3 is 0 Å². The van der Waals surface area contributed by atoms with Gasteiger partial charge in [0.15, 0.2) is 0 Å². The van der Waals surface area contributed by atoms with Gasteiger partial charge in [0, 0.05) is 29.1 Å². The van der Waals surface area contributed by atoms with Crippen LogP contribution >= 0.6 is 11.6 Å². The van der Waals surface area contributed by atoms with Crippen LogP contribution in [0.15, 0.2) is 53.3 Å². The first-order valence-electron chi connectivity index (χ1n) is 8.15. The molecule has 1 amide bonds. The van der Waals surface area contributed by atoms with Crippen LogP contribution in [-0.4, -0.2) is 10.9 Å². The summed E-state index contributed by atoms with van der Waals surface area (Å²) in [5, 5.41) is 4.43. The second kappa shape index (κ2) is 7.53. The number of carbonyl (C=O) groups excluding carboxylic acids is 1. The van der Waals surface area contributed by atoms with E-state index < -0.39 is 0 Å². The van der Waals surface area contributed by atoms with Crippen molar-refractivity contribution in [1.29, 1.82) is 0 Å². The Hall–Kier alpha value is -2.59. The van der Waals surface area contributed by atoms with Crippen molar-refractivity contribution < 1.29 is 4.79 Å². The van der Waals surface area contributed by atoms with E-state index in [1.54, 1.807) is 0 Å². The zero-order chi connectivity index (χ0) is 17.8. The first-order chi connectivity index (χ1) is 12.0. The molecule has 0 saturated carbocycles. The van der Waals surface area contributed by atoms with Crippen molar-refractivity contribution in [3.63, 3.8) is 0 Å². The molecule has 128 valence electrons. The second-order valence-electron chi connectivity index (χ2n) is 6.08. The Morgan fingerprint density at radius 1 is 1.12 bits per heavy atom. The van der Waals surface area contributed by atoms with Crippen LogP contribution in [0.4, 0.5) is 0 Å². The quantitative estimate of drug-likeness (QED) is 0.733. The van der Waals surface area contributed by atoms with E-state index in [9.17, 15) is 9.59 Å². The van der Waals surface area contributed by atoms with Crippen molar-refractivity contribution in [3.8, 4) is 0 Å². The average Bonchev–Trinajstić information content (AvgIpc) is 2.59. The first kappa shape index (κ1) is 17.2. The van der Waals surface area contributed by atoms with E-state index in [4.69, 9.17) is 11.6 Å². The van der Waals surface area contributed by atoms with Gasteiger partial charge in [0.05, 0.1) is 0 Å². The van der Waals surface area contributed by atoms with Crippen LogP contribution in [0.3, 0.4) is 0 Å². The number of rotatable bonds is 5. The predicted octanol–water partition coefficient (Wildman–Crippen LogP) is 3.74. The number of benzene rings is 2. The molecule has 25 heavy (non-hydrogen) atoms. The number of fused-ring (bicyclic) bond motifs is 1. The summed E-state index contributed by atoms with van der Waals surface area (Å²) in [6, 6.07) is 15.2. The van der Waals surface area contributed by atoms with Crippen LogP contribution in [0.2, 0.25) is 5.02 Å². The maximum absolute atomic E-state index is 12.1. The Kier molecular flexibility index (Phi) is 5.19. The third kappa shape index (κ3) is 4.28. The Morgan fingerprint density at radius 3 is 2.72 bits per heavy atom. The summed E-state index contributed by atoms with van der Waals surface area (Å²) >= 11 is 6.09. The van der Waals surface area contributed by atoms with Crippen molar-refractivity contribution >= 4 is 28.4 Å². The van der Waals surface area contributed by atoms with Gasteiger partial charge in [0.2, 0.25) is 5.91 Å². The van der Waals surface area contributed by atoms with Crippen LogP contribution < -0.4 is 10.9 Å². The highest BCUT2D eigenvalue weighted by Gasteiger charge is 2.07. The molecule has 0 unspecified atom stereocenters. The minimum absolute atomic E-state index is 0.108. The molecule has 2 N–H and O–H groups in total. The van der Waals surface area contributed by atoms with Crippen LogP contribution in [0, 0.1) is 6.92 Å². The van der Waals surface area contributed by atoms with Crippen molar-refractivity contribution in [2.24, 2.45) is 0 Å². The van der Waals surface area contributed by atoms with E-state index >= 15 is 0 Å². The number of aromatic nitrogens is 1. The number of aromatic amines is 1. The van der Waals surface area contributed by atoms with Crippen molar-refractivity contribution in [2.45, 2.75) is 26.3 Å². The average molecular weight is 355 g/mol. The lowest BCUT2D eigenvalue weighted by molar-refractivity contribution is -0.121. The zero-order valence-electron chi connectivity index (χ0n) is 13.9. The van der Waals surface area contributed by atoms with E-state index in [1.165, 1.54) is 0 Å². The zero-order valence-corrected chi connectivity index (χ0v) is 14.7. The van der Waals surface area contributed by atoms with E-state index in [0.717, 1.165) is 22.0 Å². The number of carbonyl (C=O) groups is 1. The molecule has 5 heteroatoms. The van der Waals surface area contributed by atoms with Crippen LogP contribution in [0.25, 0.3) is 10.9 Å². The Morgan fingerprint density at radius 2 is 1.92 bits per heavy atom. The molecule has 2 aromatic carbocycles. The molecule has 3 aromatic rings. The van der Waals surface area contributed by atoms with E-state index in [1.807, 2.05) is 55.5 Å². The van der Waals surface area contributed by atoms with Gasteiger partial charge in [0.1, 0.15) is 0 Å². The molecule has 0 radical (unpaired) electrons. The van der Waals surface area contributed by atoms with Gasteiger partial charge in [-0.2, -0.15) is 0 Å². The van der Waals surface area contributed by atoms with E-state index in [0.29, 0.717) is 23.4 Å². The number of nitrogens with one attached hydrogen (secondary N) is 2. The summed E-state index contributed by atoms with van der Waals surface area (Å²) in [6.07, 6.45) is 0.896. The molecule has 1 heterocycles. The molecule has 0 fully saturated rings. The van der Waals surface area contributed by atoms with E-state index in [-0.39, 0.29) is 18.0 Å². The van der Waals surface area contributed by atoms with Crippen LogP contribution in [0.1, 0.15) is 23.1 Å². The van der Waals surface area contributed by atoms with Crippen molar-refractivity contribution in [2.75, 3.05) is 0 Å². The molecule has 0 aliphatic rings. The summed E-state index contributed by atoms with van der Waals surface area (Å²) in [5.41, 5.74) is 3.23. The summed E-state index contributed by atoms with van der Waals surface area (Å²) < 4.78 is 0. The molecular formula is C20H19ClN2O2. The monoisotopic (exact) mass is 354 g/mol. The van der Waals surface area contributed by atoms with Gasteiger partial charge in [-0.3, -0.25) is 9.59 Å². The van der Waals surface area contributed by atoms with Crippen LogP contribution in [-0.2, 0) is 17.8 Å². The Balaban J connectivity index is 1.64. The molecule has 4 nitrogen and oxygen atoms in total. The number of pyridine rings is 1. The Labute approximate surface area is 150 Å². The molecule has 0 spiro atoms. The highest BCUT2D eigenvalue weighted by molar-refractivity contribution is 6.31. The topological polar surface area (TPSA) is 62.0 Å². The molecule has 0 bridgehead atoms. The number of hydrogen-bond acceptors (Lipinski definition) is 2. The summed E-state index contributed by atoms with van der Waals surface area (Å²) in [7, 11) is 0. The highest BCUT2D eigenvalue weighted by atomic mass is 35.5. The minimum atomic E-state index is -0.178. The molecule has 0 aliphatic heterocycles. The highest BCUT2D eigenvalue weighted by Crippen LogP contribution is 2.16. The molecule has 0 atom stereocenters. The predicted molar refractivity (Wildman–Crippen MR) is 101 cm³/mol. The first-order valence-corrected chi connectivity index (χ1v) is 8.53. The maximum Gasteiger partial charge on any atom is 0.253 e. The minimum Gasteiger partial charge on any atom is -0.352 e. The standard InChI is InChI=1S/C20H19ClN2O2/c1-13-6-8-18-15(10-13)11-16(20(25)23-18)12-22-19(24)9-7-14-4-2-3-5-17(14)21/h2-6,8,10-11H,7,9,12H2,1H3,(H,22,24)(H,23,25).